The number of imidazole rings is 1. The highest BCUT2D eigenvalue weighted by atomic mass is 31.2. The van der Waals surface area contributed by atoms with E-state index in [1.165, 1.54) is 6.33 Å². The third-order valence-corrected chi connectivity index (χ3v) is 12.8. The zero-order valence-electron chi connectivity index (χ0n) is 35.8. The number of nitrogens with zero attached hydrogens (tertiary/aromatic N) is 6. The Kier molecular flexibility index (Phi) is 14.6. The van der Waals surface area contributed by atoms with Gasteiger partial charge in [0.25, 0.3) is 14.4 Å². The molecule has 62 heavy (non-hydrogen) atoms. The van der Waals surface area contributed by atoms with Gasteiger partial charge in [0.15, 0.2) is 17.0 Å². The van der Waals surface area contributed by atoms with Crippen molar-refractivity contribution in [1.82, 2.24) is 24.2 Å². The van der Waals surface area contributed by atoms with E-state index in [1.807, 2.05) is 77.4 Å². The molecule has 0 spiro atoms. The van der Waals surface area contributed by atoms with E-state index in [4.69, 9.17) is 28.0 Å². The lowest BCUT2D eigenvalue weighted by molar-refractivity contribution is -0.0912. The van der Waals surface area contributed by atoms with Gasteiger partial charge in [0.1, 0.15) is 35.8 Å². The van der Waals surface area contributed by atoms with Gasteiger partial charge in [-0.25, -0.2) is 19.6 Å². The molecule has 4 atom stereocenters. The van der Waals surface area contributed by atoms with Crippen LogP contribution >= 0.6 is 8.53 Å². The van der Waals surface area contributed by atoms with Crippen molar-refractivity contribution in [2.45, 2.75) is 76.7 Å². The first-order valence-corrected chi connectivity index (χ1v) is 21.7. The molecule has 14 nitrogen and oxygen atoms in total. The Hall–Kier alpha value is -5.78. The summed E-state index contributed by atoms with van der Waals surface area (Å²) in [6.45, 7) is 8.70. The summed E-state index contributed by atoms with van der Waals surface area (Å²) in [7, 11) is 1.62. The van der Waals surface area contributed by atoms with Crippen LogP contribution in [-0.4, -0.2) is 81.8 Å². The number of hydrogen-bond acceptors (Lipinski definition) is 12. The Bertz CT molecular complexity index is 2360. The van der Waals surface area contributed by atoms with Crippen molar-refractivity contribution < 1.29 is 32.8 Å². The van der Waals surface area contributed by atoms with Crippen LogP contribution in [0.25, 0.3) is 11.2 Å². The van der Waals surface area contributed by atoms with Crippen molar-refractivity contribution in [2.24, 2.45) is 0 Å². The second kappa shape index (κ2) is 20.4. The number of nitriles is 1. The van der Waals surface area contributed by atoms with Gasteiger partial charge < -0.3 is 33.3 Å². The molecule has 2 aromatic heterocycles. The highest BCUT2D eigenvalue weighted by molar-refractivity contribution is 7.44. The normalized spacial score (nSPS) is 17.1. The van der Waals surface area contributed by atoms with Crippen molar-refractivity contribution in [3.63, 3.8) is 0 Å². The molecular formula is C47H52N7O7P. The second-order valence-electron chi connectivity index (χ2n) is 15.2. The molecular weight excluding hydrogens is 806 g/mol. The second-order valence-corrected chi connectivity index (χ2v) is 16.6. The summed E-state index contributed by atoms with van der Waals surface area (Å²) in [4.78, 5) is 26.8. The standard InChI is InChI=1S/C47H52N7O7P/c1-32(2)54(33(3)4)62(59-27-13-26-48)61-40-28-42(53-31-51-43-44(49-30-50-45(43)53)52-46(55)34-14-9-7-10-15-34)60-41(40)29-58-47(35-16-11-8-12-17-35,36-18-22-38(56-5)23-19-36)37-20-24-39(57-6)25-21-37/h7-12,14-25,30-33,40-42H,13,27-29H2,1-6H3,(H,49,50,52,55)/t40-,41+,42-,62?/m1/s1. The fraction of sp³-hybridized carbons (Fsp3) is 0.340. The van der Waals surface area contributed by atoms with Crippen LogP contribution in [0.2, 0.25) is 0 Å². The van der Waals surface area contributed by atoms with Crippen molar-refractivity contribution in [1.29, 1.82) is 5.26 Å². The average Bonchev–Trinajstić information content (AvgIpc) is 3.92. The number of ether oxygens (including phenoxy) is 4. The number of anilines is 1. The summed E-state index contributed by atoms with van der Waals surface area (Å²) in [6, 6.07) is 37.1. The van der Waals surface area contributed by atoms with Gasteiger partial charge in [-0.3, -0.25) is 9.36 Å². The fourth-order valence-electron chi connectivity index (χ4n) is 7.75. The molecule has 1 aliphatic rings. The number of hydrogen-bond donors (Lipinski definition) is 1. The predicted molar refractivity (Wildman–Crippen MR) is 237 cm³/mol. The Balaban J connectivity index is 1.28. The first-order valence-electron chi connectivity index (χ1n) is 20.6. The number of methoxy groups -OCH3 is 2. The molecule has 0 saturated carbocycles. The van der Waals surface area contributed by atoms with Gasteiger partial charge in [-0.15, -0.1) is 0 Å². The Labute approximate surface area is 363 Å². The largest absolute Gasteiger partial charge is 0.497 e. The quantitative estimate of drug-likeness (QED) is 0.0469. The van der Waals surface area contributed by atoms with Crippen LogP contribution in [0.15, 0.2) is 122 Å². The van der Waals surface area contributed by atoms with Crippen molar-refractivity contribution in [3.05, 3.63) is 144 Å². The summed E-state index contributed by atoms with van der Waals surface area (Å²) < 4.78 is 43.0. The van der Waals surface area contributed by atoms with Crippen LogP contribution in [0.1, 0.15) is 73.8 Å². The van der Waals surface area contributed by atoms with Gasteiger partial charge >= 0.3 is 0 Å². The van der Waals surface area contributed by atoms with Crippen LogP contribution in [0.5, 0.6) is 11.5 Å². The summed E-state index contributed by atoms with van der Waals surface area (Å²) in [5.74, 6) is 1.39. The van der Waals surface area contributed by atoms with E-state index in [2.05, 4.69) is 70.8 Å². The van der Waals surface area contributed by atoms with Gasteiger partial charge in [0, 0.05) is 24.1 Å². The first kappa shape index (κ1) is 44.3. The average molecular weight is 858 g/mol. The monoisotopic (exact) mass is 857 g/mol. The summed E-state index contributed by atoms with van der Waals surface area (Å²) in [6.07, 6.45) is 1.84. The number of carbonyl (C=O) groups excluding carboxylic acids is 1. The maximum Gasteiger partial charge on any atom is 0.259 e. The lowest BCUT2D eigenvalue weighted by Crippen LogP contribution is -2.39. The molecule has 4 aromatic carbocycles. The minimum Gasteiger partial charge on any atom is -0.497 e. The van der Waals surface area contributed by atoms with E-state index in [0.29, 0.717) is 34.6 Å². The van der Waals surface area contributed by atoms with Crippen LogP contribution in [0, 0.1) is 11.3 Å². The molecule has 3 heterocycles. The van der Waals surface area contributed by atoms with Crippen LogP contribution < -0.4 is 14.8 Å². The predicted octanol–water partition coefficient (Wildman–Crippen LogP) is 9.05. The van der Waals surface area contributed by atoms with Crippen molar-refractivity contribution in [2.75, 3.05) is 32.8 Å². The lowest BCUT2D eigenvalue weighted by atomic mass is 9.80. The number of amides is 1. The van der Waals surface area contributed by atoms with Gasteiger partial charge in [-0.05, 0) is 80.8 Å². The van der Waals surface area contributed by atoms with E-state index in [-0.39, 0.29) is 43.4 Å². The van der Waals surface area contributed by atoms with Gasteiger partial charge in [-0.2, -0.15) is 5.26 Å². The van der Waals surface area contributed by atoms with E-state index < -0.39 is 32.6 Å². The number of fused-ring (bicyclic) bond motifs is 1. The SMILES string of the molecule is COc1ccc(C(OC[C@@H]2O[C@@H](n3cnc4c(NC(=O)c5ccccc5)ncnc43)C[C@H]2OP(OCCC#N)N(C(C)C)C(C)C)(c2ccccc2)c2ccc(OC)cc2)cc1. The molecule has 1 aliphatic heterocycles. The molecule has 6 aromatic rings. The lowest BCUT2D eigenvalue weighted by Gasteiger charge is -2.39. The molecule has 0 aliphatic carbocycles. The first-order chi connectivity index (χ1) is 30.2. The van der Waals surface area contributed by atoms with E-state index in [0.717, 1.165) is 16.7 Å². The molecule has 0 radical (unpaired) electrons. The van der Waals surface area contributed by atoms with Crippen LogP contribution in [0.3, 0.4) is 0 Å². The minimum absolute atomic E-state index is 0.0747. The molecule has 0 bridgehead atoms. The topological polar surface area (TPSA) is 155 Å². The summed E-state index contributed by atoms with van der Waals surface area (Å²) in [5, 5.41) is 12.3. The summed E-state index contributed by atoms with van der Waals surface area (Å²) >= 11 is 0. The third kappa shape index (κ3) is 9.64. The smallest absolute Gasteiger partial charge is 0.259 e. The maximum absolute atomic E-state index is 13.2. The molecule has 1 saturated heterocycles. The van der Waals surface area contributed by atoms with Crippen LogP contribution in [0.4, 0.5) is 5.82 Å². The molecule has 1 amide bonds. The highest BCUT2D eigenvalue weighted by Gasteiger charge is 2.45. The molecule has 322 valence electrons. The molecule has 1 fully saturated rings. The van der Waals surface area contributed by atoms with Gasteiger partial charge in [0.05, 0.1) is 52.4 Å². The zero-order chi connectivity index (χ0) is 43.6. The van der Waals surface area contributed by atoms with Crippen LogP contribution in [-0.2, 0) is 24.1 Å². The van der Waals surface area contributed by atoms with Crippen molar-refractivity contribution >= 4 is 31.4 Å². The molecule has 7 rings (SSSR count). The summed E-state index contributed by atoms with van der Waals surface area (Å²) in [5.41, 5.74) is 2.89. The minimum atomic E-state index is -1.66. The highest BCUT2D eigenvalue weighted by Crippen LogP contribution is 2.51. The zero-order valence-corrected chi connectivity index (χ0v) is 36.6. The maximum atomic E-state index is 13.2. The Morgan fingerprint density at radius 3 is 2.05 bits per heavy atom. The number of nitrogens with one attached hydrogen (secondary N) is 1. The van der Waals surface area contributed by atoms with E-state index in [9.17, 15) is 10.1 Å². The number of benzene rings is 4. The van der Waals surface area contributed by atoms with Gasteiger partial charge in [-0.1, -0.05) is 72.8 Å². The third-order valence-electron chi connectivity index (χ3n) is 10.6. The molecule has 1 N–H and O–H groups in total. The van der Waals surface area contributed by atoms with E-state index in [1.54, 1.807) is 44.8 Å². The van der Waals surface area contributed by atoms with Gasteiger partial charge in [0.2, 0.25) is 0 Å². The fourth-order valence-corrected chi connectivity index (χ4v) is 9.51. The van der Waals surface area contributed by atoms with E-state index >= 15 is 0 Å². The van der Waals surface area contributed by atoms with Crippen molar-refractivity contribution in [3.8, 4) is 17.6 Å². The number of aromatic nitrogens is 4. The Morgan fingerprint density at radius 1 is 0.871 bits per heavy atom. The number of carbonyl (C=O) groups is 1. The Morgan fingerprint density at radius 2 is 1.47 bits per heavy atom. The number of rotatable bonds is 19. The molecule has 1 unspecified atom stereocenters. The molecule has 15 heteroatoms.